The highest BCUT2D eigenvalue weighted by Gasteiger charge is 2.14. The third-order valence-corrected chi connectivity index (χ3v) is 3.95. The number of nitro benzene ring substituents is 1. The van der Waals surface area contributed by atoms with E-state index in [2.05, 4.69) is 20.0 Å². The summed E-state index contributed by atoms with van der Waals surface area (Å²) in [6.07, 6.45) is 3.28. The molecule has 0 saturated carbocycles. The highest BCUT2D eigenvalue weighted by atomic mass is 16.6. The largest absolute Gasteiger partial charge is 0.466 e. The minimum absolute atomic E-state index is 0.0633. The fraction of sp³-hybridized carbons (Fsp3) is 0.158. The van der Waals surface area contributed by atoms with Crippen molar-refractivity contribution in [2.45, 2.75) is 6.42 Å². The van der Waals surface area contributed by atoms with Crippen LogP contribution in [0, 0.1) is 10.1 Å². The Balaban J connectivity index is 1.69. The first-order chi connectivity index (χ1) is 13.1. The van der Waals surface area contributed by atoms with Crippen molar-refractivity contribution in [2.75, 3.05) is 19.0 Å². The number of hydrogen-bond donors (Lipinski definition) is 2. The maximum absolute atomic E-state index is 11.4. The number of hydrogen-bond acceptors (Lipinski definition) is 6. The van der Waals surface area contributed by atoms with E-state index in [1.54, 1.807) is 12.1 Å². The smallest absolute Gasteiger partial charge is 0.330 e. The van der Waals surface area contributed by atoms with Crippen LogP contribution in [0.15, 0.2) is 48.5 Å². The number of ether oxygens (including phenoxy) is 1. The fourth-order valence-electron chi connectivity index (χ4n) is 2.62. The van der Waals surface area contributed by atoms with Gasteiger partial charge in [-0.15, -0.1) is 0 Å². The highest BCUT2D eigenvalue weighted by Crippen LogP contribution is 2.26. The molecule has 1 aromatic heterocycles. The normalized spacial score (nSPS) is 11.0. The van der Waals surface area contributed by atoms with E-state index < -0.39 is 10.9 Å². The molecule has 0 radical (unpaired) electrons. The summed E-state index contributed by atoms with van der Waals surface area (Å²) in [6, 6.07) is 12.4. The molecule has 0 aliphatic rings. The van der Waals surface area contributed by atoms with Crippen LogP contribution in [0.5, 0.6) is 0 Å². The Bertz CT molecular complexity index is 977. The summed E-state index contributed by atoms with van der Waals surface area (Å²) in [6.45, 7) is 0.484. The Labute approximate surface area is 155 Å². The zero-order chi connectivity index (χ0) is 19.2. The molecule has 27 heavy (non-hydrogen) atoms. The van der Waals surface area contributed by atoms with Crippen LogP contribution in [-0.4, -0.2) is 34.5 Å². The van der Waals surface area contributed by atoms with Crippen molar-refractivity contribution in [1.82, 2.24) is 9.97 Å². The van der Waals surface area contributed by atoms with Crippen molar-refractivity contribution in [3.63, 3.8) is 0 Å². The average Bonchev–Trinajstić information content (AvgIpc) is 3.09. The number of esters is 1. The molecule has 0 aliphatic heterocycles. The lowest BCUT2D eigenvalue weighted by atomic mass is 10.1. The number of carbonyl (C=O) groups is 1. The summed E-state index contributed by atoms with van der Waals surface area (Å²) in [5.74, 6) is 0.287. The SMILES string of the molecule is COC(=O)C=Cc1ccc(NCCc2nc3ccccc3[nH]2)c([N+](=O)[O-])c1. The monoisotopic (exact) mass is 366 g/mol. The molecular formula is C19H18N4O4. The van der Waals surface area contributed by atoms with Gasteiger partial charge in [0.1, 0.15) is 11.5 Å². The summed E-state index contributed by atoms with van der Waals surface area (Å²) in [5, 5.41) is 14.4. The molecule has 8 nitrogen and oxygen atoms in total. The Hall–Kier alpha value is -3.68. The first-order valence-electron chi connectivity index (χ1n) is 8.29. The van der Waals surface area contributed by atoms with Crippen LogP contribution in [0.25, 0.3) is 17.1 Å². The molecule has 0 spiro atoms. The number of aromatic amines is 1. The van der Waals surface area contributed by atoms with Gasteiger partial charge in [0.05, 0.1) is 23.1 Å². The van der Waals surface area contributed by atoms with E-state index >= 15 is 0 Å². The molecule has 0 aliphatic carbocycles. The van der Waals surface area contributed by atoms with Crippen molar-refractivity contribution >= 4 is 34.5 Å². The van der Waals surface area contributed by atoms with Gasteiger partial charge in [-0.05, 0) is 29.8 Å². The second-order valence-corrected chi connectivity index (χ2v) is 5.77. The maximum atomic E-state index is 11.4. The quantitative estimate of drug-likeness (QED) is 0.287. The fourth-order valence-corrected chi connectivity index (χ4v) is 2.62. The van der Waals surface area contributed by atoms with E-state index in [1.165, 1.54) is 25.3 Å². The van der Waals surface area contributed by atoms with Gasteiger partial charge >= 0.3 is 5.97 Å². The number of methoxy groups -OCH3 is 1. The number of nitrogens with zero attached hydrogens (tertiary/aromatic N) is 2. The molecule has 3 rings (SSSR count). The molecule has 2 aromatic carbocycles. The number of para-hydroxylation sites is 2. The lowest BCUT2D eigenvalue weighted by Gasteiger charge is -2.07. The summed E-state index contributed by atoms with van der Waals surface area (Å²) in [7, 11) is 1.27. The first-order valence-corrected chi connectivity index (χ1v) is 8.29. The number of rotatable bonds is 7. The first kappa shape index (κ1) is 18.1. The van der Waals surface area contributed by atoms with Crippen molar-refractivity contribution in [3.05, 3.63) is 70.0 Å². The van der Waals surface area contributed by atoms with Gasteiger partial charge < -0.3 is 15.0 Å². The van der Waals surface area contributed by atoms with Gasteiger partial charge in [0.15, 0.2) is 0 Å². The van der Waals surface area contributed by atoms with Crippen LogP contribution in [0.1, 0.15) is 11.4 Å². The molecule has 1 heterocycles. The summed E-state index contributed by atoms with van der Waals surface area (Å²) in [4.78, 5) is 29.7. The minimum atomic E-state index is -0.523. The van der Waals surface area contributed by atoms with Gasteiger partial charge in [-0.3, -0.25) is 10.1 Å². The van der Waals surface area contributed by atoms with Gasteiger partial charge in [-0.2, -0.15) is 0 Å². The molecule has 0 fully saturated rings. The van der Waals surface area contributed by atoms with Gasteiger partial charge in [-0.25, -0.2) is 9.78 Å². The van der Waals surface area contributed by atoms with Crippen LogP contribution >= 0.6 is 0 Å². The Kier molecular flexibility index (Phi) is 5.46. The van der Waals surface area contributed by atoms with Crippen molar-refractivity contribution < 1.29 is 14.5 Å². The Morgan fingerprint density at radius 3 is 2.89 bits per heavy atom. The molecule has 3 aromatic rings. The van der Waals surface area contributed by atoms with Crippen LogP contribution < -0.4 is 5.32 Å². The second kappa shape index (κ2) is 8.13. The van der Waals surface area contributed by atoms with Crippen LogP contribution in [0.2, 0.25) is 0 Å². The van der Waals surface area contributed by atoms with E-state index in [4.69, 9.17) is 0 Å². The number of imidazole rings is 1. The molecule has 0 saturated heterocycles. The van der Waals surface area contributed by atoms with E-state index in [0.29, 0.717) is 24.2 Å². The number of benzene rings is 2. The standard InChI is InChI=1S/C19H18N4O4/c1-27-19(24)9-7-13-6-8-16(17(12-13)23(25)26)20-11-10-18-21-14-4-2-3-5-15(14)22-18/h2-9,12,20H,10-11H2,1H3,(H,21,22). The average molecular weight is 366 g/mol. The number of fused-ring (bicyclic) bond motifs is 1. The molecule has 0 bridgehead atoms. The summed E-state index contributed by atoms with van der Waals surface area (Å²) >= 11 is 0. The van der Waals surface area contributed by atoms with Crippen molar-refractivity contribution in [1.29, 1.82) is 0 Å². The predicted octanol–water partition coefficient (Wildman–Crippen LogP) is 3.31. The number of nitro groups is 1. The number of nitrogens with one attached hydrogen (secondary N) is 2. The van der Waals surface area contributed by atoms with Gasteiger partial charge in [0.25, 0.3) is 5.69 Å². The van der Waals surface area contributed by atoms with Crippen molar-refractivity contribution in [3.8, 4) is 0 Å². The lowest BCUT2D eigenvalue weighted by Crippen LogP contribution is -2.08. The number of anilines is 1. The number of carbonyl (C=O) groups excluding carboxylic acids is 1. The molecule has 0 atom stereocenters. The van der Waals surface area contributed by atoms with Crippen molar-refractivity contribution in [2.24, 2.45) is 0 Å². The second-order valence-electron chi connectivity index (χ2n) is 5.77. The van der Waals surface area contributed by atoms with E-state index in [0.717, 1.165) is 16.9 Å². The maximum Gasteiger partial charge on any atom is 0.330 e. The van der Waals surface area contributed by atoms with Crippen LogP contribution in [-0.2, 0) is 16.0 Å². The van der Waals surface area contributed by atoms with Gasteiger partial charge in [-0.1, -0.05) is 18.2 Å². The molecule has 2 N–H and O–H groups in total. The Morgan fingerprint density at radius 1 is 1.33 bits per heavy atom. The Morgan fingerprint density at radius 2 is 2.15 bits per heavy atom. The van der Waals surface area contributed by atoms with Gasteiger partial charge in [0, 0.05) is 25.1 Å². The minimum Gasteiger partial charge on any atom is -0.466 e. The number of H-pyrrole nitrogens is 1. The third kappa shape index (κ3) is 4.49. The van der Waals surface area contributed by atoms with Gasteiger partial charge in [0.2, 0.25) is 0 Å². The molecule has 0 unspecified atom stereocenters. The summed E-state index contributed by atoms with van der Waals surface area (Å²) < 4.78 is 4.51. The van der Waals surface area contributed by atoms with E-state index in [-0.39, 0.29) is 5.69 Å². The van der Waals surface area contributed by atoms with Crippen LogP contribution in [0.4, 0.5) is 11.4 Å². The lowest BCUT2D eigenvalue weighted by molar-refractivity contribution is -0.384. The zero-order valence-electron chi connectivity index (χ0n) is 14.6. The predicted molar refractivity (Wildman–Crippen MR) is 102 cm³/mol. The van der Waals surface area contributed by atoms with E-state index in [9.17, 15) is 14.9 Å². The number of aromatic nitrogens is 2. The third-order valence-electron chi connectivity index (χ3n) is 3.95. The van der Waals surface area contributed by atoms with Crippen LogP contribution in [0.3, 0.4) is 0 Å². The summed E-state index contributed by atoms with van der Waals surface area (Å²) in [5.41, 5.74) is 2.73. The molecule has 138 valence electrons. The molecule has 0 amide bonds. The topological polar surface area (TPSA) is 110 Å². The van der Waals surface area contributed by atoms with E-state index in [1.807, 2.05) is 24.3 Å². The molecule has 8 heteroatoms. The molecular weight excluding hydrogens is 348 g/mol. The highest BCUT2D eigenvalue weighted by molar-refractivity contribution is 5.87. The zero-order valence-corrected chi connectivity index (χ0v) is 14.6.